The fourth-order valence-corrected chi connectivity index (χ4v) is 1.89. The van der Waals surface area contributed by atoms with Gasteiger partial charge in [0, 0.05) is 33.3 Å². The smallest absolute Gasteiger partial charge is 0.162 e. The molecular formula is C13H19N5. The van der Waals surface area contributed by atoms with E-state index in [-0.39, 0.29) is 0 Å². The van der Waals surface area contributed by atoms with Gasteiger partial charge in [-0.2, -0.15) is 5.10 Å². The third-order valence-corrected chi connectivity index (χ3v) is 2.78. The molecule has 0 aliphatic heterocycles. The molecule has 0 atom stereocenters. The summed E-state index contributed by atoms with van der Waals surface area (Å²) in [6, 6.07) is 3.97. The van der Waals surface area contributed by atoms with Crippen molar-refractivity contribution >= 4 is 5.82 Å². The van der Waals surface area contributed by atoms with Gasteiger partial charge >= 0.3 is 0 Å². The molecular weight excluding hydrogens is 226 g/mol. The molecule has 0 fully saturated rings. The van der Waals surface area contributed by atoms with Crippen LogP contribution in [0.15, 0.2) is 18.3 Å². The van der Waals surface area contributed by atoms with E-state index in [0.29, 0.717) is 0 Å². The summed E-state index contributed by atoms with van der Waals surface area (Å²) in [7, 11) is 3.97. The van der Waals surface area contributed by atoms with Gasteiger partial charge in [-0.1, -0.05) is 6.92 Å². The summed E-state index contributed by atoms with van der Waals surface area (Å²) in [4.78, 5) is 11.0. The zero-order valence-electron chi connectivity index (χ0n) is 11.4. The lowest BCUT2D eigenvalue weighted by molar-refractivity contribution is 0.655. The molecule has 0 saturated carbocycles. The number of rotatable bonds is 4. The molecule has 2 aromatic rings. The van der Waals surface area contributed by atoms with Crippen molar-refractivity contribution in [3.8, 4) is 11.4 Å². The number of anilines is 1. The molecule has 0 unspecified atom stereocenters. The normalized spacial score (nSPS) is 10.7. The van der Waals surface area contributed by atoms with E-state index in [1.807, 2.05) is 35.8 Å². The van der Waals surface area contributed by atoms with E-state index in [0.717, 1.165) is 36.0 Å². The van der Waals surface area contributed by atoms with Crippen molar-refractivity contribution in [1.82, 2.24) is 19.7 Å². The van der Waals surface area contributed by atoms with Crippen LogP contribution in [0.3, 0.4) is 0 Å². The van der Waals surface area contributed by atoms with Crippen molar-refractivity contribution in [3.63, 3.8) is 0 Å². The Balaban J connectivity index is 2.57. The molecule has 5 heteroatoms. The number of nitrogens with zero attached hydrogens (tertiary/aromatic N) is 5. The minimum absolute atomic E-state index is 0.810. The second-order valence-corrected chi connectivity index (χ2v) is 4.29. The average molecular weight is 245 g/mol. The fraction of sp³-hybridized carbons (Fsp3) is 0.462. The second kappa shape index (κ2) is 5.16. The number of hydrogen-bond donors (Lipinski definition) is 0. The van der Waals surface area contributed by atoms with E-state index < -0.39 is 0 Å². The maximum atomic E-state index is 4.60. The van der Waals surface area contributed by atoms with Crippen LogP contribution >= 0.6 is 0 Å². The average Bonchev–Trinajstić information content (AvgIpc) is 2.81. The lowest BCUT2D eigenvalue weighted by Crippen LogP contribution is -2.13. The van der Waals surface area contributed by atoms with Crippen LogP contribution in [0.4, 0.5) is 5.82 Å². The van der Waals surface area contributed by atoms with Crippen molar-refractivity contribution in [1.29, 1.82) is 0 Å². The Kier molecular flexibility index (Phi) is 3.60. The van der Waals surface area contributed by atoms with Gasteiger partial charge in [-0.05, 0) is 19.1 Å². The molecule has 0 spiro atoms. The van der Waals surface area contributed by atoms with Crippen LogP contribution < -0.4 is 4.90 Å². The number of aryl methyl sites for hydroxylation is 2. The minimum atomic E-state index is 0.810. The van der Waals surface area contributed by atoms with Gasteiger partial charge in [0.1, 0.15) is 5.82 Å². The standard InChI is InChI=1S/C13H19N5/c1-5-11-15-13(18(6-2)16-11)10-8-7-9-14-12(10)17(3)4/h7-9H,5-6H2,1-4H3. The van der Waals surface area contributed by atoms with Crippen molar-refractivity contribution in [3.05, 3.63) is 24.2 Å². The van der Waals surface area contributed by atoms with Crippen LogP contribution in [0, 0.1) is 0 Å². The Hall–Kier alpha value is -1.91. The summed E-state index contributed by atoms with van der Waals surface area (Å²) in [5.41, 5.74) is 1.02. The highest BCUT2D eigenvalue weighted by molar-refractivity contribution is 5.70. The predicted octanol–water partition coefficient (Wildman–Crippen LogP) is 1.99. The first-order valence-electron chi connectivity index (χ1n) is 6.23. The first kappa shape index (κ1) is 12.5. The number of hydrogen-bond acceptors (Lipinski definition) is 4. The van der Waals surface area contributed by atoms with Crippen molar-refractivity contribution in [2.45, 2.75) is 26.8 Å². The third kappa shape index (κ3) is 2.20. The summed E-state index contributed by atoms with van der Waals surface area (Å²) in [6.45, 7) is 4.95. The monoisotopic (exact) mass is 245 g/mol. The molecule has 0 aromatic carbocycles. The Morgan fingerprint density at radius 2 is 2.06 bits per heavy atom. The predicted molar refractivity (Wildman–Crippen MR) is 72.6 cm³/mol. The summed E-state index contributed by atoms with van der Waals surface area (Å²) in [6.07, 6.45) is 2.64. The highest BCUT2D eigenvalue weighted by Gasteiger charge is 2.15. The molecule has 0 bridgehead atoms. The summed E-state index contributed by atoms with van der Waals surface area (Å²) in [5, 5.41) is 4.48. The topological polar surface area (TPSA) is 46.8 Å². The zero-order valence-corrected chi connectivity index (χ0v) is 11.4. The van der Waals surface area contributed by atoms with Gasteiger partial charge in [0.05, 0.1) is 5.56 Å². The van der Waals surface area contributed by atoms with Gasteiger partial charge < -0.3 is 4.90 Å². The first-order valence-corrected chi connectivity index (χ1v) is 6.23. The molecule has 0 radical (unpaired) electrons. The number of aromatic nitrogens is 4. The van der Waals surface area contributed by atoms with Gasteiger partial charge in [0.25, 0.3) is 0 Å². The molecule has 2 rings (SSSR count). The molecule has 18 heavy (non-hydrogen) atoms. The molecule has 0 aliphatic carbocycles. The zero-order chi connectivity index (χ0) is 13.1. The minimum Gasteiger partial charge on any atom is -0.362 e. The van der Waals surface area contributed by atoms with E-state index in [1.165, 1.54) is 0 Å². The van der Waals surface area contributed by atoms with Crippen LogP contribution in [0.5, 0.6) is 0 Å². The molecule has 5 nitrogen and oxygen atoms in total. The van der Waals surface area contributed by atoms with Crippen molar-refractivity contribution in [2.24, 2.45) is 0 Å². The molecule has 0 N–H and O–H groups in total. The first-order chi connectivity index (χ1) is 8.67. The largest absolute Gasteiger partial charge is 0.362 e. The van der Waals surface area contributed by atoms with Gasteiger partial charge in [-0.25, -0.2) is 14.6 Å². The fourth-order valence-electron chi connectivity index (χ4n) is 1.89. The van der Waals surface area contributed by atoms with Crippen LogP contribution in [0.25, 0.3) is 11.4 Å². The lowest BCUT2D eigenvalue weighted by Gasteiger charge is -2.15. The lowest BCUT2D eigenvalue weighted by atomic mass is 10.2. The summed E-state index contributed by atoms with van der Waals surface area (Å²) < 4.78 is 1.93. The maximum absolute atomic E-state index is 4.60. The molecule has 2 aromatic heterocycles. The molecule has 0 saturated heterocycles. The molecule has 0 aliphatic rings. The van der Waals surface area contributed by atoms with E-state index >= 15 is 0 Å². The molecule has 96 valence electrons. The van der Waals surface area contributed by atoms with E-state index in [4.69, 9.17) is 0 Å². The van der Waals surface area contributed by atoms with Gasteiger partial charge in [0.15, 0.2) is 11.6 Å². The Morgan fingerprint density at radius 1 is 1.28 bits per heavy atom. The SMILES string of the molecule is CCc1nc(-c2cccnc2N(C)C)n(CC)n1. The van der Waals surface area contributed by atoms with E-state index in [2.05, 4.69) is 28.9 Å². The Bertz CT molecular complexity index is 530. The van der Waals surface area contributed by atoms with Crippen LogP contribution in [-0.2, 0) is 13.0 Å². The molecule has 2 heterocycles. The summed E-state index contributed by atoms with van der Waals surface area (Å²) >= 11 is 0. The van der Waals surface area contributed by atoms with E-state index in [9.17, 15) is 0 Å². The quantitative estimate of drug-likeness (QED) is 0.826. The van der Waals surface area contributed by atoms with Gasteiger partial charge in [-0.15, -0.1) is 0 Å². The highest BCUT2D eigenvalue weighted by Crippen LogP contribution is 2.26. The summed E-state index contributed by atoms with van der Waals surface area (Å²) in [5.74, 6) is 2.69. The van der Waals surface area contributed by atoms with Gasteiger partial charge in [-0.3, -0.25) is 0 Å². The maximum Gasteiger partial charge on any atom is 0.162 e. The van der Waals surface area contributed by atoms with Crippen LogP contribution in [0.1, 0.15) is 19.7 Å². The Morgan fingerprint density at radius 3 is 2.67 bits per heavy atom. The Labute approximate surface area is 107 Å². The second-order valence-electron chi connectivity index (χ2n) is 4.29. The van der Waals surface area contributed by atoms with Gasteiger partial charge in [0.2, 0.25) is 0 Å². The third-order valence-electron chi connectivity index (χ3n) is 2.78. The van der Waals surface area contributed by atoms with Crippen molar-refractivity contribution < 1.29 is 0 Å². The highest BCUT2D eigenvalue weighted by atomic mass is 15.3. The number of pyridine rings is 1. The van der Waals surface area contributed by atoms with Crippen molar-refractivity contribution in [2.75, 3.05) is 19.0 Å². The van der Waals surface area contributed by atoms with Crippen LogP contribution in [-0.4, -0.2) is 33.8 Å². The van der Waals surface area contributed by atoms with E-state index in [1.54, 1.807) is 6.20 Å². The van der Waals surface area contributed by atoms with Crippen LogP contribution in [0.2, 0.25) is 0 Å². The molecule has 0 amide bonds.